The van der Waals surface area contributed by atoms with Crippen LogP contribution >= 0.6 is 24.2 Å². The summed E-state index contributed by atoms with van der Waals surface area (Å²) in [4.78, 5) is 20.7. The second kappa shape index (κ2) is 7.98. The van der Waals surface area contributed by atoms with Gasteiger partial charge in [0.05, 0.1) is 6.04 Å². The summed E-state index contributed by atoms with van der Waals surface area (Å²) in [7, 11) is 0. The van der Waals surface area contributed by atoms with E-state index in [1.165, 1.54) is 5.56 Å². The van der Waals surface area contributed by atoms with Crippen LogP contribution in [0.1, 0.15) is 5.56 Å². The molecule has 3 heterocycles. The molecule has 2 aliphatic rings. The summed E-state index contributed by atoms with van der Waals surface area (Å²) >= 11 is 1.80. The number of hydrogen-bond donors (Lipinski definition) is 1. The Bertz CT molecular complexity index is 448. The first-order valence-electron chi connectivity index (χ1n) is 7.04. The molecule has 21 heavy (non-hydrogen) atoms. The summed E-state index contributed by atoms with van der Waals surface area (Å²) in [5.41, 5.74) is 1.29. The van der Waals surface area contributed by atoms with Crippen LogP contribution < -0.4 is 5.32 Å². The number of nitrogens with one attached hydrogen (secondary N) is 1. The van der Waals surface area contributed by atoms with Crippen molar-refractivity contribution in [2.24, 2.45) is 0 Å². The number of carbonyl (C=O) groups is 1. The van der Waals surface area contributed by atoms with Gasteiger partial charge in [-0.25, -0.2) is 0 Å². The van der Waals surface area contributed by atoms with Gasteiger partial charge in [-0.15, -0.1) is 24.2 Å². The van der Waals surface area contributed by atoms with Crippen LogP contribution in [-0.2, 0) is 11.3 Å². The van der Waals surface area contributed by atoms with Crippen LogP contribution in [0.4, 0.5) is 0 Å². The van der Waals surface area contributed by atoms with E-state index < -0.39 is 0 Å². The third-order valence-electron chi connectivity index (χ3n) is 3.85. The number of aromatic nitrogens is 1. The summed E-state index contributed by atoms with van der Waals surface area (Å²) in [5, 5.41) is 3.26. The molecule has 1 amide bonds. The van der Waals surface area contributed by atoms with Gasteiger partial charge < -0.3 is 4.90 Å². The van der Waals surface area contributed by atoms with Gasteiger partial charge in [0.1, 0.15) is 0 Å². The summed E-state index contributed by atoms with van der Waals surface area (Å²) < 4.78 is 0. The standard InChI is InChI=1S/C14H20N4OS.ClH/c19-14(13-10-20-11-16-13)18-7-5-17(6-8-18)9-12-1-3-15-4-2-12;/h1-4,13,16H,5-11H2;1H. The van der Waals surface area contributed by atoms with Crippen molar-refractivity contribution in [2.75, 3.05) is 37.8 Å². The maximum absolute atomic E-state index is 12.3. The Morgan fingerprint density at radius 2 is 2.00 bits per heavy atom. The van der Waals surface area contributed by atoms with Gasteiger partial charge in [0.15, 0.2) is 0 Å². The molecule has 1 N–H and O–H groups in total. The molecule has 1 aromatic rings. The molecule has 0 spiro atoms. The number of piperazine rings is 1. The summed E-state index contributed by atoms with van der Waals surface area (Å²) in [5.74, 6) is 2.09. The largest absolute Gasteiger partial charge is 0.339 e. The van der Waals surface area contributed by atoms with Crippen molar-refractivity contribution >= 4 is 30.1 Å². The minimum absolute atomic E-state index is 0. The Morgan fingerprint density at radius 1 is 1.29 bits per heavy atom. The van der Waals surface area contributed by atoms with Crippen molar-refractivity contribution < 1.29 is 4.79 Å². The number of amides is 1. The fourth-order valence-corrected chi connectivity index (χ4v) is 3.58. The number of pyridine rings is 1. The van der Waals surface area contributed by atoms with E-state index in [4.69, 9.17) is 0 Å². The molecule has 0 radical (unpaired) electrons. The van der Waals surface area contributed by atoms with Crippen LogP contribution in [0.5, 0.6) is 0 Å². The maximum Gasteiger partial charge on any atom is 0.240 e. The summed E-state index contributed by atoms with van der Waals surface area (Å²) in [6, 6.07) is 4.14. The SMILES string of the molecule is Cl.O=C(C1CSCN1)N1CCN(Cc2ccncc2)CC1. The molecule has 0 aliphatic carbocycles. The highest BCUT2D eigenvalue weighted by Gasteiger charge is 2.29. The van der Waals surface area contributed by atoms with Crippen molar-refractivity contribution in [3.8, 4) is 0 Å². The average molecular weight is 329 g/mol. The zero-order valence-corrected chi connectivity index (χ0v) is 13.5. The Morgan fingerprint density at radius 3 is 2.62 bits per heavy atom. The average Bonchev–Trinajstić information content (AvgIpc) is 3.03. The van der Waals surface area contributed by atoms with E-state index in [2.05, 4.69) is 27.3 Å². The van der Waals surface area contributed by atoms with E-state index in [0.29, 0.717) is 0 Å². The molecule has 1 atom stereocenters. The Balaban J connectivity index is 0.00000161. The predicted molar refractivity (Wildman–Crippen MR) is 87.6 cm³/mol. The molecule has 1 aromatic heterocycles. The molecule has 3 rings (SSSR count). The predicted octanol–water partition coefficient (Wildman–Crippen LogP) is 0.810. The van der Waals surface area contributed by atoms with Gasteiger partial charge in [-0.1, -0.05) is 0 Å². The minimum Gasteiger partial charge on any atom is -0.339 e. The highest BCUT2D eigenvalue weighted by atomic mass is 35.5. The molecule has 2 fully saturated rings. The number of halogens is 1. The lowest BCUT2D eigenvalue weighted by Gasteiger charge is -2.35. The molecule has 0 aromatic carbocycles. The highest BCUT2D eigenvalue weighted by molar-refractivity contribution is 7.99. The number of rotatable bonds is 3. The monoisotopic (exact) mass is 328 g/mol. The number of carbonyl (C=O) groups excluding carboxylic acids is 1. The fraction of sp³-hybridized carbons (Fsp3) is 0.571. The molecule has 7 heteroatoms. The van der Waals surface area contributed by atoms with Crippen LogP contribution in [0.2, 0.25) is 0 Å². The van der Waals surface area contributed by atoms with Crippen molar-refractivity contribution in [3.05, 3.63) is 30.1 Å². The number of nitrogens with zero attached hydrogens (tertiary/aromatic N) is 3. The molecule has 116 valence electrons. The number of thioether (sulfide) groups is 1. The van der Waals surface area contributed by atoms with Gasteiger partial charge in [0.25, 0.3) is 0 Å². The minimum atomic E-state index is 0. The lowest BCUT2D eigenvalue weighted by molar-refractivity contribution is -0.134. The Hall–Kier alpha value is -0.820. The van der Waals surface area contributed by atoms with Crippen molar-refractivity contribution in [2.45, 2.75) is 12.6 Å². The maximum atomic E-state index is 12.3. The quantitative estimate of drug-likeness (QED) is 0.890. The Labute approximate surface area is 135 Å². The molecular weight excluding hydrogens is 308 g/mol. The van der Waals surface area contributed by atoms with Crippen LogP contribution in [0, 0.1) is 0 Å². The second-order valence-corrected chi connectivity index (χ2v) is 6.26. The van der Waals surface area contributed by atoms with Gasteiger partial charge in [-0.05, 0) is 17.7 Å². The van der Waals surface area contributed by atoms with E-state index in [1.54, 1.807) is 11.8 Å². The normalized spacial score (nSPS) is 22.9. The molecule has 0 saturated carbocycles. The molecule has 0 bridgehead atoms. The molecule has 2 aliphatic heterocycles. The van der Waals surface area contributed by atoms with Crippen LogP contribution in [0.3, 0.4) is 0 Å². The van der Waals surface area contributed by atoms with Crippen LogP contribution in [0.25, 0.3) is 0 Å². The highest BCUT2D eigenvalue weighted by Crippen LogP contribution is 2.14. The zero-order valence-electron chi connectivity index (χ0n) is 11.9. The molecule has 2 saturated heterocycles. The first-order valence-corrected chi connectivity index (χ1v) is 8.19. The van der Waals surface area contributed by atoms with Gasteiger partial charge in [-0.3, -0.25) is 20.0 Å². The lowest BCUT2D eigenvalue weighted by Crippen LogP contribution is -2.53. The summed E-state index contributed by atoms with van der Waals surface area (Å²) in [6.07, 6.45) is 3.66. The van der Waals surface area contributed by atoms with Crippen molar-refractivity contribution in [1.29, 1.82) is 0 Å². The van der Waals surface area contributed by atoms with E-state index in [0.717, 1.165) is 44.4 Å². The van der Waals surface area contributed by atoms with Gasteiger partial charge >= 0.3 is 0 Å². The first-order chi connectivity index (χ1) is 9.83. The van der Waals surface area contributed by atoms with Crippen LogP contribution in [-0.4, -0.2) is 64.5 Å². The van der Waals surface area contributed by atoms with E-state index in [9.17, 15) is 4.79 Å². The molecular formula is C14H21ClN4OS. The zero-order chi connectivity index (χ0) is 13.8. The van der Waals surface area contributed by atoms with Gasteiger partial charge in [0.2, 0.25) is 5.91 Å². The molecule has 1 unspecified atom stereocenters. The lowest BCUT2D eigenvalue weighted by atomic mass is 10.2. The van der Waals surface area contributed by atoms with Crippen molar-refractivity contribution in [1.82, 2.24) is 20.1 Å². The van der Waals surface area contributed by atoms with Gasteiger partial charge in [-0.2, -0.15) is 0 Å². The topological polar surface area (TPSA) is 48.5 Å². The smallest absolute Gasteiger partial charge is 0.240 e. The second-order valence-electron chi connectivity index (χ2n) is 5.23. The summed E-state index contributed by atoms with van der Waals surface area (Å²) in [6.45, 7) is 4.53. The Kier molecular flexibility index (Phi) is 6.29. The molecule has 5 nitrogen and oxygen atoms in total. The van der Waals surface area contributed by atoms with E-state index in [1.807, 2.05) is 17.3 Å². The third-order valence-corrected chi connectivity index (χ3v) is 4.79. The van der Waals surface area contributed by atoms with Gasteiger partial charge in [0, 0.05) is 56.7 Å². The fourth-order valence-electron chi connectivity index (χ4n) is 2.65. The third kappa shape index (κ3) is 4.32. The van der Waals surface area contributed by atoms with Crippen molar-refractivity contribution in [3.63, 3.8) is 0 Å². The van der Waals surface area contributed by atoms with Crippen LogP contribution in [0.15, 0.2) is 24.5 Å². The number of hydrogen-bond acceptors (Lipinski definition) is 5. The first kappa shape index (κ1) is 16.5. The van der Waals surface area contributed by atoms with E-state index >= 15 is 0 Å². The van der Waals surface area contributed by atoms with E-state index in [-0.39, 0.29) is 24.4 Å².